The topological polar surface area (TPSA) is 0 Å². The highest BCUT2D eigenvalue weighted by Crippen LogP contribution is 2.49. The summed E-state index contributed by atoms with van der Waals surface area (Å²) in [6, 6.07) is 26.9. The van der Waals surface area contributed by atoms with Gasteiger partial charge in [0.1, 0.15) is 0 Å². The van der Waals surface area contributed by atoms with Crippen LogP contribution < -0.4 is 5.19 Å². The van der Waals surface area contributed by atoms with Gasteiger partial charge in [0.25, 0.3) is 0 Å². The van der Waals surface area contributed by atoms with Gasteiger partial charge in [0, 0.05) is 5.54 Å². The summed E-state index contributed by atoms with van der Waals surface area (Å²) in [6.07, 6.45) is 2.58. The van der Waals surface area contributed by atoms with Crippen LogP contribution in [0, 0.1) is 13.8 Å². The first-order chi connectivity index (χ1) is 13.0. The molecule has 1 aliphatic rings. The molecule has 0 amide bonds. The van der Waals surface area contributed by atoms with Crippen LogP contribution in [0.3, 0.4) is 0 Å². The third-order valence-electron chi connectivity index (χ3n) is 6.40. The molecule has 0 N–H and O–H groups in total. The lowest BCUT2D eigenvalue weighted by Crippen LogP contribution is -2.50. The Labute approximate surface area is 165 Å². The molecule has 0 radical (unpaired) electrons. The molecule has 0 saturated heterocycles. The molecular formula is C26H30Si. The highest BCUT2D eigenvalue weighted by atomic mass is 28.3. The SMILES string of the molecule is CCCC[Si](C)(c1cc(C)cc(C)c1)C1c2ccccc2-c2ccccc21. The van der Waals surface area contributed by atoms with Gasteiger partial charge in [-0.15, -0.1) is 0 Å². The maximum Gasteiger partial charge on any atom is 0.0957 e. The fraction of sp³-hybridized carbons (Fsp3) is 0.308. The second-order valence-electron chi connectivity index (χ2n) is 8.50. The van der Waals surface area contributed by atoms with Crippen LogP contribution >= 0.6 is 0 Å². The van der Waals surface area contributed by atoms with Crippen LogP contribution in [-0.4, -0.2) is 8.07 Å². The molecule has 0 nitrogen and oxygen atoms in total. The Balaban J connectivity index is 1.95. The minimum atomic E-state index is -1.78. The normalized spacial score (nSPS) is 15.3. The third-order valence-corrected chi connectivity index (χ3v) is 11.3. The van der Waals surface area contributed by atoms with E-state index in [2.05, 4.69) is 94.0 Å². The van der Waals surface area contributed by atoms with E-state index in [4.69, 9.17) is 0 Å². The molecule has 1 heteroatoms. The van der Waals surface area contributed by atoms with E-state index in [-0.39, 0.29) is 0 Å². The molecule has 138 valence electrons. The molecule has 0 fully saturated rings. The lowest BCUT2D eigenvalue weighted by Gasteiger charge is -2.36. The lowest BCUT2D eigenvalue weighted by molar-refractivity contribution is 0.858. The fourth-order valence-electron chi connectivity index (χ4n) is 5.15. The minimum Gasteiger partial charge on any atom is -0.0654 e. The molecule has 1 unspecified atom stereocenters. The van der Waals surface area contributed by atoms with Gasteiger partial charge in [-0.2, -0.15) is 0 Å². The molecule has 3 aromatic rings. The monoisotopic (exact) mass is 370 g/mol. The molecule has 3 aromatic carbocycles. The van der Waals surface area contributed by atoms with E-state index in [0.717, 1.165) is 0 Å². The van der Waals surface area contributed by atoms with Crippen LogP contribution in [-0.2, 0) is 0 Å². The van der Waals surface area contributed by atoms with Gasteiger partial charge in [-0.3, -0.25) is 0 Å². The largest absolute Gasteiger partial charge is 0.0957 e. The molecule has 0 saturated carbocycles. The summed E-state index contributed by atoms with van der Waals surface area (Å²) < 4.78 is 0. The summed E-state index contributed by atoms with van der Waals surface area (Å²) in [5.41, 5.74) is 9.39. The average molecular weight is 371 g/mol. The number of unbranched alkanes of at least 4 members (excludes halogenated alkanes) is 1. The van der Waals surface area contributed by atoms with E-state index in [1.807, 2.05) is 0 Å². The van der Waals surface area contributed by atoms with E-state index in [0.29, 0.717) is 5.54 Å². The summed E-state index contributed by atoms with van der Waals surface area (Å²) in [5, 5.41) is 1.63. The Morgan fingerprint density at radius 3 is 1.81 bits per heavy atom. The molecule has 0 spiro atoms. The van der Waals surface area contributed by atoms with Gasteiger partial charge in [-0.25, -0.2) is 0 Å². The van der Waals surface area contributed by atoms with Crippen LogP contribution in [0.1, 0.15) is 47.6 Å². The number of aryl methyl sites for hydroxylation is 2. The van der Waals surface area contributed by atoms with Crippen molar-refractivity contribution in [1.82, 2.24) is 0 Å². The molecule has 1 atom stereocenters. The van der Waals surface area contributed by atoms with E-state index in [1.54, 1.807) is 16.3 Å². The van der Waals surface area contributed by atoms with E-state index in [9.17, 15) is 0 Å². The molecule has 0 bridgehead atoms. The van der Waals surface area contributed by atoms with Gasteiger partial charge in [-0.1, -0.05) is 115 Å². The van der Waals surface area contributed by atoms with Gasteiger partial charge in [-0.05, 0) is 36.1 Å². The molecular weight excluding hydrogens is 340 g/mol. The van der Waals surface area contributed by atoms with Gasteiger partial charge in [0.2, 0.25) is 0 Å². The van der Waals surface area contributed by atoms with Crippen LogP contribution in [0.2, 0.25) is 12.6 Å². The van der Waals surface area contributed by atoms with Crippen molar-refractivity contribution in [3.05, 3.63) is 89.0 Å². The molecule has 4 rings (SSSR count). The van der Waals surface area contributed by atoms with Crippen LogP contribution in [0.15, 0.2) is 66.7 Å². The number of fused-ring (bicyclic) bond motifs is 3. The van der Waals surface area contributed by atoms with Crippen molar-refractivity contribution in [3.8, 4) is 11.1 Å². The molecule has 0 heterocycles. The molecule has 0 aromatic heterocycles. The summed E-state index contributed by atoms with van der Waals surface area (Å²) >= 11 is 0. The molecule has 1 aliphatic carbocycles. The second kappa shape index (κ2) is 7.13. The number of benzene rings is 3. The first-order valence-corrected chi connectivity index (χ1v) is 13.1. The van der Waals surface area contributed by atoms with Crippen LogP contribution in [0.5, 0.6) is 0 Å². The van der Waals surface area contributed by atoms with Crippen molar-refractivity contribution in [3.63, 3.8) is 0 Å². The lowest BCUT2D eigenvalue weighted by atomic mass is 10.1. The Kier molecular flexibility index (Phi) is 4.82. The van der Waals surface area contributed by atoms with Crippen molar-refractivity contribution in [2.75, 3.05) is 0 Å². The third kappa shape index (κ3) is 3.08. The van der Waals surface area contributed by atoms with Crippen LogP contribution in [0.4, 0.5) is 0 Å². The minimum absolute atomic E-state index is 0.553. The maximum absolute atomic E-state index is 2.64. The second-order valence-corrected chi connectivity index (χ2v) is 13.0. The zero-order chi connectivity index (χ0) is 19.0. The first kappa shape index (κ1) is 18.2. The summed E-state index contributed by atoms with van der Waals surface area (Å²) in [5.74, 6) is 0. The van der Waals surface area contributed by atoms with Crippen LogP contribution in [0.25, 0.3) is 11.1 Å². The predicted octanol–water partition coefficient (Wildman–Crippen LogP) is 6.74. The number of rotatable bonds is 5. The number of hydrogen-bond donors (Lipinski definition) is 0. The van der Waals surface area contributed by atoms with Gasteiger partial charge < -0.3 is 0 Å². The standard InChI is InChI=1S/C26H30Si/c1-5-6-15-27(4,21-17-19(2)16-20(3)18-21)26-24-13-9-7-11-22(24)23-12-8-10-14-25(23)26/h7-14,16-18,26H,5-6,15H2,1-4H3. The quantitative estimate of drug-likeness (QED) is 0.436. The first-order valence-electron chi connectivity index (χ1n) is 10.3. The average Bonchev–Trinajstić information content (AvgIpc) is 3.00. The fourth-order valence-corrected chi connectivity index (χ4v) is 10.1. The van der Waals surface area contributed by atoms with Gasteiger partial charge >= 0.3 is 0 Å². The Bertz CT molecular complexity index is 906. The highest BCUT2D eigenvalue weighted by molar-refractivity contribution is 6.92. The summed E-state index contributed by atoms with van der Waals surface area (Å²) in [7, 11) is -1.78. The van der Waals surface area contributed by atoms with Crippen molar-refractivity contribution in [2.24, 2.45) is 0 Å². The van der Waals surface area contributed by atoms with E-state index >= 15 is 0 Å². The molecule has 27 heavy (non-hydrogen) atoms. The van der Waals surface area contributed by atoms with Crippen molar-refractivity contribution in [2.45, 2.75) is 51.7 Å². The zero-order valence-corrected chi connectivity index (χ0v) is 18.0. The number of hydrogen-bond acceptors (Lipinski definition) is 0. The van der Waals surface area contributed by atoms with Gasteiger partial charge in [0.15, 0.2) is 0 Å². The van der Waals surface area contributed by atoms with E-state index < -0.39 is 8.07 Å². The molecule has 0 aliphatic heterocycles. The summed E-state index contributed by atoms with van der Waals surface area (Å²) in [6.45, 7) is 9.47. The maximum atomic E-state index is 2.64. The zero-order valence-electron chi connectivity index (χ0n) is 17.0. The Morgan fingerprint density at radius 2 is 1.30 bits per heavy atom. The smallest absolute Gasteiger partial charge is 0.0654 e. The van der Waals surface area contributed by atoms with E-state index in [1.165, 1.54) is 41.1 Å². The Morgan fingerprint density at radius 1 is 0.778 bits per heavy atom. The van der Waals surface area contributed by atoms with Crippen molar-refractivity contribution in [1.29, 1.82) is 0 Å². The van der Waals surface area contributed by atoms with Crippen molar-refractivity contribution < 1.29 is 0 Å². The predicted molar refractivity (Wildman–Crippen MR) is 121 cm³/mol. The Hall–Kier alpha value is -2.12. The van der Waals surface area contributed by atoms with Crippen molar-refractivity contribution >= 4 is 13.3 Å². The highest BCUT2D eigenvalue weighted by Gasteiger charge is 2.44. The summed E-state index contributed by atoms with van der Waals surface area (Å²) in [4.78, 5) is 0. The van der Waals surface area contributed by atoms with Gasteiger partial charge in [0.05, 0.1) is 8.07 Å².